The van der Waals surface area contributed by atoms with Crippen molar-refractivity contribution in [1.29, 1.82) is 0 Å². The number of nitrogens with one attached hydrogen (secondary N) is 1. The van der Waals surface area contributed by atoms with E-state index in [1.54, 1.807) is 0 Å². The van der Waals surface area contributed by atoms with E-state index in [1.807, 2.05) is 10.6 Å². The number of aliphatic carboxylic acids is 1. The van der Waals surface area contributed by atoms with Crippen molar-refractivity contribution < 1.29 is 9.90 Å². The Labute approximate surface area is 114 Å². The molecule has 1 aromatic heterocycles. The van der Waals surface area contributed by atoms with E-state index >= 15 is 0 Å². The molecule has 1 aliphatic rings. The number of fused-ring (bicyclic) bond motifs is 1. The maximum atomic E-state index is 10.8. The lowest BCUT2D eigenvalue weighted by Gasteiger charge is -2.27. The minimum atomic E-state index is -0.817. The van der Waals surface area contributed by atoms with Crippen LogP contribution in [0.3, 0.4) is 0 Å². The first-order valence-electron chi connectivity index (χ1n) is 4.57. The first-order valence-corrected chi connectivity index (χ1v) is 6.56. The lowest BCUT2D eigenvalue weighted by molar-refractivity contribution is -0.137. The van der Waals surface area contributed by atoms with Crippen molar-refractivity contribution in [2.45, 2.75) is 12.5 Å². The summed E-state index contributed by atoms with van der Waals surface area (Å²) in [7, 11) is 0. The summed E-state index contributed by atoms with van der Waals surface area (Å²) in [4.78, 5) is 11.4. The first-order chi connectivity index (χ1) is 7.50. The summed E-state index contributed by atoms with van der Waals surface area (Å²) < 4.78 is 3.62. The maximum absolute atomic E-state index is 10.8. The van der Waals surface area contributed by atoms with Crippen LogP contribution in [0.2, 0.25) is 0 Å². The van der Waals surface area contributed by atoms with Crippen molar-refractivity contribution in [3.8, 4) is 0 Å². The molecule has 2 heterocycles. The SMILES string of the molecule is O=C(O)C[C@H]1CNC(=S)c2cc(Br)c(Br)n21. The average molecular weight is 368 g/mol. The molecule has 1 aromatic rings. The molecule has 16 heavy (non-hydrogen) atoms. The van der Waals surface area contributed by atoms with E-state index in [0.717, 1.165) is 14.8 Å². The summed E-state index contributed by atoms with van der Waals surface area (Å²) in [5.41, 5.74) is 0.839. The Hall–Kier alpha value is -0.400. The smallest absolute Gasteiger partial charge is 0.305 e. The van der Waals surface area contributed by atoms with E-state index in [9.17, 15) is 4.79 Å². The third-order valence-electron chi connectivity index (χ3n) is 2.44. The maximum Gasteiger partial charge on any atom is 0.305 e. The topological polar surface area (TPSA) is 54.3 Å². The van der Waals surface area contributed by atoms with E-state index in [-0.39, 0.29) is 12.5 Å². The van der Waals surface area contributed by atoms with Crippen LogP contribution in [0.1, 0.15) is 18.2 Å². The molecule has 0 fully saturated rings. The summed E-state index contributed by atoms with van der Waals surface area (Å²) in [5.74, 6) is -0.817. The number of thiocarbonyl (C=S) groups is 1. The quantitative estimate of drug-likeness (QED) is 0.787. The van der Waals surface area contributed by atoms with Gasteiger partial charge < -0.3 is 15.0 Å². The lowest BCUT2D eigenvalue weighted by atomic mass is 10.1. The van der Waals surface area contributed by atoms with Crippen LogP contribution < -0.4 is 5.32 Å². The third kappa shape index (κ3) is 2.03. The molecule has 0 unspecified atom stereocenters. The molecular weight excluding hydrogens is 360 g/mol. The number of aromatic nitrogens is 1. The highest BCUT2D eigenvalue weighted by atomic mass is 79.9. The van der Waals surface area contributed by atoms with Crippen LogP contribution in [0.25, 0.3) is 0 Å². The molecule has 86 valence electrons. The van der Waals surface area contributed by atoms with Gasteiger partial charge >= 0.3 is 5.97 Å². The van der Waals surface area contributed by atoms with Gasteiger partial charge in [-0.25, -0.2) is 0 Å². The second kappa shape index (κ2) is 4.46. The molecule has 0 aliphatic carbocycles. The Bertz CT molecular complexity index is 472. The van der Waals surface area contributed by atoms with Crippen LogP contribution in [0.4, 0.5) is 0 Å². The van der Waals surface area contributed by atoms with E-state index in [1.165, 1.54) is 0 Å². The van der Waals surface area contributed by atoms with Gasteiger partial charge in [-0.3, -0.25) is 4.79 Å². The number of carbonyl (C=O) groups is 1. The standard InChI is InChI=1S/C9H8Br2N2O2S/c10-5-2-6-9(16)12-3-4(1-7(14)15)13(6)8(5)11/h2,4H,1,3H2,(H,12,16)(H,14,15)/t4-/m0/s1. The Morgan fingerprint density at radius 3 is 3.00 bits per heavy atom. The molecule has 0 saturated heterocycles. The third-order valence-corrected chi connectivity index (χ3v) is 4.74. The Kier molecular flexibility index (Phi) is 3.37. The number of carboxylic acids is 1. The molecule has 7 heteroatoms. The second-order valence-electron chi connectivity index (χ2n) is 3.50. The van der Waals surface area contributed by atoms with Crippen LogP contribution in [0.5, 0.6) is 0 Å². The molecule has 0 bridgehead atoms. The van der Waals surface area contributed by atoms with Crippen molar-refractivity contribution in [3.05, 3.63) is 20.8 Å². The zero-order valence-corrected chi connectivity index (χ0v) is 12.0. The van der Waals surface area contributed by atoms with Gasteiger partial charge in [-0.15, -0.1) is 0 Å². The van der Waals surface area contributed by atoms with Gasteiger partial charge in [0.25, 0.3) is 0 Å². The number of hydrogen-bond acceptors (Lipinski definition) is 2. The van der Waals surface area contributed by atoms with Gasteiger partial charge in [0.15, 0.2) is 0 Å². The molecular formula is C9H8Br2N2O2S. The summed E-state index contributed by atoms with van der Waals surface area (Å²) in [6.07, 6.45) is 0.0718. The molecule has 1 aliphatic heterocycles. The van der Waals surface area contributed by atoms with Crippen molar-refractivity contribution in [3.63, 3.8) is 0 Å². The van der Waals surface area contributed by atoms with Gasteiger partial charge in [-0.05, 0) is 37.9 Å². The predicted molar refractivity (Wildman–Crippen MR) is 70.8 cm³/mol. The molecule has 0 saturated carbocycles. The molecule has 4 nitrogen and oxygen atoms in total. The van der Waals surface area contributed by atoms with E-state index in [2.05, 4.69) is 37.2 Å². The van der Waals surface area contributed by atoms with Crippen molar-refractivity contribution >= 4 is 55.0 Å². The van der Waals surface area contributed by atoms with Crippen LogP contribution in [0.15, 0.2) is 15.1 Å². The number of hydrogen-bond donors (Lipinski definition) is 2. The Morgan fingerprint density at radius 1 is 1.69 bits per heavy atom. The van der Waals surface area contributed by atoms with Crippen LogP contribution >= 0.6 is 44.1 Å². The van der Waals surface area contributed by atoms with Crippen molar-refractivity contribution in [2.75, 3.05) is 6.54 Å². The summed E-state index contributed by atoms with van der Waals surface area (Å²) in [5, 5.41) is 11.9. The van der Waals surface area contributed by atoms with Gasteiger partial charge in [-0.1, -0.05) is 12.2 Å². The molecule has 2 rings (SSSR count). The van der Waals surface area contributed by atoms with Crippen LogP contribution in [-0.2, 0) is 4.79 Å². The molecule has 0 radical (unpaired) electrons. The number of carboxylic acid groups (broad SMARTS) is 1. The molecule has 0 spiro atoms. The van der Waals surface area contributed by atoms with Gasteiger partial charge in [0.1, 0.15) is 4.99 Å². The Morgan fingerprint density at radius 2 is 2.38 bits per heavy atom. The first kappa shape index (κ1) is 12.1. The fourth-order valence-electron chi connectivity index (χ4n) is 1.76. The highest BCUT2D eigenvalue weighted by Gasteiger charge is 2.27. The van der Waals surface area contributed by atoms with E-state index in [0.29, 0.717) is 11.5 Å². The van der Waals surface area contributed by atoms with Gasteiger partial charge in [0.05, 0.1) is 27.2 Å². The molecule has 0 amide bonds. The largest absolute Gasteiger partial charge is 0.481 e. The highest BCUT2D eigenvalue weighted by Crippen LogP contribution is 2.33. The van der Waals surface area contributed by atoms with E-state index in [4.69, 9.17) is 17.3 Å². The van der Waals surface area contributed by atoms with Gasteiger partial charge in [0.2, 0.25) is 0 Å². The predicted octanol–water partition coefficient (Wildman–Crippen LogP) is 2.31. The summed E-state index contributed by atoms with van der Waals surface area (Å²) >= 11 is 12.0. The minimum Gasteiger partial charge on any atom is -0.481 e. The van der Waals surface area contributed by atoms with E-state index < -0.39 is 5.97 Å². The van der Waals surface area contributed by atoms with Gasteiger partial charge in [-0.2, -0.15) is 0 Å². The number of rotatable bonds is 2. The highest BCUT2D eigenvalue weighted by molar-refractivity contribution is 9.13. The van der Waals surface area contributed by atoms with Crippen molar-refractivity contribution in [1.82, 2.24) is 9.88 Å². The molecule has 2 N–H and O–H groups in total. The summed E-state index contributed by atoms with van der Waals surface area (Å²) in [6, 6.07) is 1.76. The fourth-order valence-corrected chi connectivity index (χ4v) is 3.00. The second-order valence-corrected chi connectivity index (χ2v) is 5.51. The number of nitrogens with zero attached hydrogens (tertiary/aromatic N) is 1. The normalized spacial score (nSPS) is 19.1. The molecule has 0 aromatic carbocycles. The summed E-state index contributed by atoms with van der Waals surface area (Å²) in [6.45, 7) is 0.540. The minimum absolute atomic E-state index is 0.0718. The zero-order chi connectivity index (χ0) is 11.9. The molecule has 1 atom stereocenters. The van der Waals surface area contributed by atoms with Crippen LogP contribution in [0, 0.1) is 0 Å². The van der Waals surface area contributed by atoms with Crippen LogP contribution in [-0.4, -0.2) is 27.2 Å². The fraction of sp³-hybridized carbons (Fsp3) is 0.333. The zero-order valence-electron chi connectivity index (χ0n) is 8.04. The van der Waals surface area contributed by atoms with Crippen molar-refractivity contribution in [2.24, 2.45) is 0 Å². The monoisotopic (exact) mass is 366 g/mol. The number of halogens is 2. The lowest BCUT2D eigenvalue weighted by Crippen LogP contribution is -2.39. The average Bonchev–Trinajstić information content (AvgIpc) is 2.49. The van der Waals surface area contributed by atoms with Gasteiger partial charge in [0, 0.05) is 6.54 Å². The Balaban J connectivity index is 2.46.